The van der Waals surface area contributed by atoms with Crippen molar-refractivity contribution in [3.63, 3.8) is 0 Å². The summed E-state index contributed by atoms with van der Waals surface area (Å²) in [7, 11) is -3.80. The summed E-state index contributed by atoms with van der Waals surface area (Å²) in [5, 5.41) is -0.0867. The van der Waals surface area contributed by atoms with Gasteiger partial charge in [0.2, 0.25) is 0 Å². The molecule has 0 spiro atoms. The maximum Gasteiger partial charge on any atom is 0.265 e. The largest absolute Gasteiger partial charge is 0.278 e. The third-order valence-electron chi connectivity index (χ3n) is 2.19. The van der Waals surface area contributed by atoms with Crippen molar-refractivity contribution in [2.75, 3.05) is 4.72 Å². The normalized spacial score (nSPS) is 11.3. The zero-order valence-corrected chi connectivity index (χ0v) is 12.9. The number of pyridine rings is 2. The molecular formula is C11H9BrClN3O2S. The van der Waals surface area contributed by atoms with Gasteiger partial charge in [-0.25, -0.2) is 13.4 Å². The molecule has 0 bridgehead atoms. The zero-order valence-electron chi connectivity index (χ0n) is 9.76. The molecule has 0 aliphatic rings. The van der Waals surface area contributed by atoms with Crippen LogP contribution in [-0.4, -0.2) is 18.4 Å². The molecule has 1 N–H and O–H groups in total. The molecule has 2 heterocycles. The van der Waals surface area contributed by atoms with Crippen molar-refractivity contribution in [1.82, 2.24) is 9.97 Å². The third-order valence-corrected chi connectivity index (χ3v) is 4.43. The van der Waals surface area contributed by atoms with Crippen LogP contribution in [0.15, 0.2) is 40.1 Å². The van der Waals surface area contributed by atoms with E-state index in [4.69, 9.17) is 11.6 Å². The number of halogens is 2. The molecule has 0 aliphatic carbocycles. The first kappa shape index (κ1) is 14.2. The first-order chi connectivity index (χ1) is 8.88. The van der Waals surface area contributed by atoms with Crippen molar-refractivity contribution in [3.8, 4) is 0 Å². The van der Waals surface area contributed by atoms with Gasteiger partial charge >= 0.3 is 0 Å². The van der Waals surface area contributed by atoms with Gasteiger partial charge in [-0.2, -0.15) is 0 Å². The van der Waals surface area contributed by atoms with Crippen molar-refractivity contribution in [3.05, 3.63) is 45.9 Å². The molecule has 0 aromatic carbocycles. The Kier molecular flexibility index (Phi) is 4.07. The fourth-order valence-corrected chi connectivity index (χ4v) is 3.39. The predicted molar refractivity (Wildman–Crippen MR) is 76.7 cm³/mol. The summed E-state index contributed by atoms with van der Waals surface area (Å²) in [5.41, 5.74) is 1.22. The molecule has 0 saturated heterocycles. The van der Waals surface area contributed by atoms with Crippen LogP contribution in [0.4, 0.5) is 5.69 Å². The molecular weight excluding hydrogens is 354 g/mol. The molecule has 0 amide bonds. The number of hydrogen-bond acceptors (Lipinski definition) is 4. The van der Waals surface area contributed by atoms with Crippen LogP contribution in [0, 0.1) is 6.92 Å². The Bertz CT molecular complexity index is 722. The molecule has 100 valence electrons. The van der Waals surface area contributed by atoms with E-state index >= 15 is 0 Å². The Morgan fingerprint density at radius 2 is 2.00 bits per heavy atom. The SMILES string of the molecule is Cc1cncc(NS(=O)(=O)c2cc(Br)cnc2Cl)c1. The zero-order chi connectivity index (χ0) is 14.0. The lowest BCUT2D eigenvalue weighted by Crippen LogP contribution is -2.14. The van der Waals surface area contributed by atoms with E-state index in [2.05, 4.69) is 30.6 Å². The molecule has 0 atom stereocenters. The molecule has 0 unspecified atom stereocenters. The molecule has 2 aromatic rings. The van der Waals surface area contributed by atoms with Crippen LogP contribution in [0.25, 0.3) is 0 Å². The van der Waals surface area contributed by atoms with Crippen molar-refractivity contribution < 1.29 is 8.42 Å². The topological polar surface area (TPSA) is 72.0 Å². The third kappa shape index (κ3) is 3.43. The van der Waals surface area contributed by atoms with Gasteiger partial charge in [0.1, 0.15) is 10.0 Å². The molecule has 2 aromatic heterocycles. The van der Waals surface area contributed by atoms with Gasteiger partial charge < -0.3 is 0 Å². The van der Waals surface area contributed by atoms with Gasteiger partial charge in [-0.1, -0.05) is 11.6 Å². The maximum atomic E-state index is 12.2. The van der Waals surface area contributed by atoms with E-state index in [0.29, 0.717) is 10.2 Å². The van der Waals surface area contributed by atoms with E-state index in [1.54, 1.807) is 12.3 Å². The number of hydrogen-bond donors (Lipinski definition) is 1. The van der Waals surface area contributed by atoms with Crippen LogP contribution in [-0.2, 0) is 10.0 Å². The molecule has 19 heavy (non-hydrogen) atoms. The Labute approximate surface area is 124 Å². The number of aromatic nitrogens is 2. The van der Waals surface area contributed by atoms with Crippen LogP contribution < -0.4 is 4.72 Å². The summed E-state index contributed by atoms with van der Waals surface area (Å²) in [5.74, 6) is 0. The first-order valence-electron chi connectivity index (χ1n) is 5.14. The van der Waals surface area contributed by atoms with E-state index in [1.807, 2.05) is 6.92 Å². The molecule has 0 saturated carbocycles. The summed E-state index contributed by atoms with van der Waals surface area (Å²) in [4.78, 5) is 7.61. The van der Waals surface area contributed by atoms with Crippen molar-refractivity contribution in [2.45, 2.75) is 11.8 Å². The smallest absolute Gasteiger partial charge is 0.265 e. The van der Waals surface area contributed by atoms with E-state index in [0.717, 1.165) is 5.56 Å². The van der Waals surface area contributed by atoms with Gasteiger partial charge in [-0.15, -0.1) is 0 Å². The van der Waals surface area contributed by atoms with E-state index in [1.165, 1.54) is 18.5 Å². The van der Waals surface area contributed by atoms with Crippen LogP contribution in [0.2, 0.25) is 5.15 Å². The summed E-state index contributed by atoms with van der Waals surface area (Å²) in [6.07, 6.45) is 4.48. The van der Waals surface area contributed by atoms with Gasteiger partial charge in [0.25, 0.3) is 10.0 Å². The van der Waals surface area contributed by atoms with Gasteiger partial charge in [0.05, 0.1) is 11.9 Å². The van der Waals surface area contributed by atoms with Gasteiger partial charge in [0.15, 0.2) is 0 Å². The minimum Gasteiger partial charge on any atom is -0.278 e. The summed E-state index contributed by atoms with van der Waals surface area (Å²) < 4.78 is 27.3. The van der Waals surface area contributed by atoms with Crippen LogP contribution in [0.5, 0.6) is 0 Å². The lowest BCUT2D eigenvalue weighted by atomic mass is 10.3. The summed E-state index contributed by atoms with van der Waals surface area (Å²) in [6, 6.07) is 3.06. The summed E-state index contributed by atoms with van der Waals surface area (Å²) in [6.45, 7) is 1.82. The second-order valence-electron chi connectivity index (χ2n) is 3.80. The van der Waals surface area contributed by atoms with Crippen molar-refractivity contribution >= 4 is 43.2 Å². The molecule has 0 radical (unpaired) electrons. The Morgan fingerprint density at radius 1 is 1.26 bits per heavy atom. The number of nitrogens with one attached hydrogen (secondary N) is 1. The van der Waals surface area contributed by atoms with Crippen LogP contribution in [0.3, 0.4) is 0 Å². The average Bonchev–Trinajstić information content (AvgIpc) is 2.31. The monoisotopic (exact) mass is 361 g/mol. The second-order valence-corrected chi connectivity index (χ2v) is 6.72. The number of aryl methyl sites for hydroxylation is 1. The number of rotatable bonds is 3. The highest BCUT2D eigenvalue weighted by Gasteiger charge is 2.19. The lowest BCUT2D eigenvalue weighted by molar-refractivity contribution is 0.601. The molecule has 0 aliphatic heterocycles. The number of sulfonamides is 1. The average molecular weight is 363 g/mol. The highest BCUT2D eigenvalue weighted by atomic mass is 79.9. The highest BCUT2D eigenvalue weighted by Crippen LogP contribution is 2.24. The Morgan fingerprint density at radius 3 is 2.68 bits per heavy atom. The molecule has 8 heteroatoms. The minimum atomic E-state index is -3.80. The quantitative estimate of drug-likeness (QED) is 0.852. The Hall–Kier alpha value is -1.18. The lowest BCUT2D eigenvalue weighted by Gasteiger charge is -2.09. The van der Waals surface area contributed by atoms with Gasteiger partial charge in [0, 0.05) is 16.9 Å². The molecule has 0 fully saturated rings. The van der Waals surface area contributed by atoms with Crippen molar-refractivity contribution in [1.29, 1.82) is 0 Å². The fraction of sp³-hybridized carbons (Fsp3) is 0.0909. The van der Waals surface area contributed by atoms with E-state index in [9.17, 15) is 8.42 Å². The fourth-order valence-electron chi connectivity index (χ4n) is 1.41. The standard InChI is InChI=1S/C11H9BrClN3O2S/c1-7-2-9(6-14-4-7)16-19(17,18)10-3-8(12)5-15-11(10)13/h2-6,16H,1H3. The van der Waals surface area contributed by atoms with Crippen LogP contribution >= 0.6 is 27.5 Å². The number of nitrogens with zero attached hydrogens (tertiary/aromatic N) is 2. The van der Waals surface area contributed by atoms with Crippen molar-refractivity contribution in [2.24, 2.45) is 0 Å². The highest BCUT2D eigenvalue weighted by molar-refractivity contribution is 9.10. The number of anilines is 1. The summed E-state index contributed by atoms with van der Waals surface area (Å²) >= 11 is 8.97. The Balaban J connectivity index is 2.40. The second kappa shape index (κ2) is 5.44. The van der Waals surface area contributed by atoms with Gasteiger partial charge in [-0.05, 0) is 40.5 Å². The van der Waals surface area contributed by atoms with Crippen LogP contribution in [0.1, 0.15) is 5.56 Å². The molecule has 2 rings (SSSR count). The predicted octanol–water partition coefficient (Wildman–Crippen LogP) is 3.00. The maximum absolute atomic E-state index is 12.2. The molecule has 5 nitrogen and oxygen atoms in total. The van der Waals surface area contributed by atoms with E-state index in [-0.39, 0.29) is 10.0 Å². The van der Waals surface area contributed by atoms with Gasteiger partial charge in [-0.3, -0.25) is 9.71 Å². The van der Waals surface area contributed by atoms with E-state index < -0.39 is 10.0 Å². The minimum absolute atomic E-state index is 0.0867. The first-order valence-corrected chi connectivity index (χ1v) is 7.79.